The third-order valence-electron chi connectivity index (χ3n) is 8.68. The number of aliphatic imine (C=N–C) groups is 4. The van der Waals surface area contributed by atoms with Crippen LogP contribution in [0.25, 0.3) is 0 Å². The molecule has 0 atom stereocenters. The van der Waals surface area contributed by atoms with Gasteiger partial charge in [0.25, 0.3) is 0 Å². The molecule has 208 valence electrons. The molecule has 4 aliphatic heterocycles. The van der Waals surface area contributed by atoms with Crippen molar-refractivity contribution in [1.82, 2.24) is 0 Å². The highest BCUT2D eigenvalue weighted by molar-refractivity contribution is 5.91. The molecule has 0 aromatic carbocycles. The van der Waals surface area contributed by atoms with Gasteiger partial charge in [0.1, 0.15) is 0 Å². The molecule has 4 heteroatoms. The molecule has 0 N–H and O–H groups in total. The van der Waals surface area contributed by atoms with Gasteiger partial charge in [-0.15, -0.1) is 0 Å². The standard InChI is InChI=1S/4C9H11N/c4*1-6-3-4-8-5-7(2)10-9(6)8/h4*1,3-5H2,2H3. The minimum atomic E-state index is 1.11. The van der Waals surface area contributed by atoms with Crippen molar-refractivity contribution in [3.63, 3.8) is 0 Å². The van der Waals surface area contributed by atoms with Crippen molar-refractivity contribution < 1.29 is 0 Å². The average Bonchev–Trinajstić information content (AvgIpc) is 3.75. The maximum atomic E-state index is 4.43. The highest BCUT2D eigenvalue weighted by Crippen LogP contribution is 2.39. The first-order valence-corrected chi connectivity index (χ1v) is 14.9. The molecule has 4 aliphatic carbocycles. The fourth-order valence-corrected chi connectivity index (χ4v) is 6.63. The third kappa shape index (κ3) is 6.01. The summed E-state index contributed by atoms with van der Waals surface area (Å²) in [5, 5.41) is 0. The van der Waals surface area contributed by atoms with Crippen LogP contribution in [0.3, 0.4) is 0 Å². The first-order valence-electron chi connectivity index (χ1n) is 14.9. The molecule has 8 rings (SSSR count). The summed E-state index contributed by atoms with van der Waals surface area (Å²) < 4.78 is 0. The number of nitrogens with zero attached hydrogens (tertiary/aromatic N) is 4. The van der Waals surface area contributed by atoms with Crippen molar-refractivity contribution in [2.75, 3.05) is 0 Å². The van der Waals surface area contributed by atoms with E-state index in [0.717, 1.165) is 51.4 Å². The fraction of sp³-hybridized carbons (Fsp3) is 0.444. The lowest BCUT2D eigenvalue weighted by Gasteiger charge is -1.94. The first-order chi connectivity index (χ1) is 19.1. The predicted octanol–water partition coefficient (Wildman–Crippen LogP) is 9.82. The highest BCUT2D eigenvalue weighted by atomic mass is 14.8. The number of hydrogen-bond donors (Lipinski definition) is 0. The van der Waals surface area contributed by atoms with Gasteiger partial charge in [0.05, 0.1) is 22.8 Å². The van der Waals surface area contributed by atoms with E-state index in [9.17, 15) is 0 Å². The number of allylic oxidation sites excluding steroid dienone is 8. The SMILES string of the molecule is C=C1CCC2=C1N=C(C)C2.C=C1CCC2=C1N=C(C)C2.C=C1CCC2=C1N=C(C)C2.C=C1CCC2=C1N=C(C)C2. The van der Waals surface area contributed by atoms with E-state index in [1.165, 1.54) is 116 Å². The Morgan fingerprint density at radius 1 is 0.350 bits per heavy atom. The highest BCUT2D eigenvalue weighted by Gasteiger charge is 2.25. The van der Waals surface area contributed by atoms with Gasteiger partial charge >= 0.3 is 0 Å². The summed E-state index contributed by atoms with van der Waals surface area (Å²) in [6.07, 6.45) is 13.8. The Hall–Kier alpha value is -3.40. The molecule has 0 bridgehead atoms. The van der Waals surface area contributed by atoms with E-state index < -0.39 is 0 Å². The molecule has 0 amide bonds. The Bertz CT molecular complexity index is 1250. The largest absolute Gasteiger partial charge is 0.258 e. The molecule has 0 aromatic rings. The van der Waals surface area contributed by atoms with Crippen molar-refractivity contribution in [1.29, 1.82) is 0 Å². The Morgan fingerprint density at radius 2 is 0.550 bits per heavy atom. The lowest BCUT2D eigenvalue weighted by atomic mass is 10.1. The van der Waals surface area contributed by atoms with Gasteiger partial charge in [-0.2, -0.15) is 0 Å². The monoisotopic (exact) mass is 532 g/mol. The zero-order chi connectivity index (χ0) is 28.6. The van der Waals surface area contributed by atoms with Gasteiger partial charge in [-0.05, 0) is 124 Å². The first kappa shape index (κ1) is 28.1. The Balaban J connectivity index is 0.000000108. The van der Waals surface area contributed by atoms with Gasteiger partial charge in [-0.3, -0.25) is 20.0 Å². The molecular weight excluding hydrogens is 488 g/mol. The van der Waals surface area contributed by atoms with Crippen LogP contribution >= 0.6 is 0 Å². The van der Waals surface area contributed by atoms with Crippen molar-refractivity contribution in [2.45, 2.75) is 105 Å². The van der Waals surface area contributed by atoms with E-state index in [2.05, 4.69) is 74.0 Å². The molecule has 0 saturated carbocycles. The van der Waals surface area contributed by atoms with Crippen molar-refractivity contribution in [3.05, 3.63) is 93.7 Å². The smallest absolute Gasteiger partial charge is 0.0651 e. The summed E-state index contributed by atoms with van der Waals surface area (Å²) in [6.45, 7) is 24.2. The van der Waals surface area contributed by atoms with Crippen LogP contribution in [-0.4, -0.2) is 22.8 Å². The van der Waals surface area contributed by atoms with E-state index >= 15 is 0 Å². The molecule has 0 spiro atoms. The van der Waals surface area contributed by atoms with Gasteiger partial charge in [0.15, 0.2) is 0 Å². The summed E-state index contributed by atoms with van der Waals surface area (Å²) in [5.74, 6) is 0. The molecule has 4 nitrogen and oxygen atoms in total. The van der Waals surface area contributed by atoms with Crippen molar-refractivity contribution in [2.24, 2.45) is 20.0 Å². The Morgan fingerprint density at radius 3 is 0.725 bits per heavy atom. The molecule has 0 fully saturated rings. The normalized spacial score (nSPS) is 23.7. The van der Waals surface area contributed by atoms with E-state index in [-0.39, 0.29) is 0 Å². The lowest BCUT2D eigenvalue weighted by Crippen LogP contribution is -1.86. The molecule has 0 aromatic heterocycles. The minimum Gasteiger partial charge on any atom is -0.258 e. The summed E-state index contributed by atoms with van der Waals surface area (Å²) in [6, 6.07) is 0. The average molecular weight is 533 g/mol. The molecule has 0 unspecified atom stereocenters. The fourth-order valence-electron chi connectivity index (χ4n) is 6.63. The molecule has 40 heavy (non-hydrogen) atoms. The quantitative estimate of drug-likeness (QED) is 0.298. The zero-order valence-electron chi connectivity index (χ0n) is 25.1. The molecule has 4 heterocycles. The van der Waals surface area contributed by atoms with Crippen LogP contribution in [0.4, 0.5) is 0 Å². The second-order valence-electron chi connectivity index (χ2n) is 12.3. The second-order valence-corrected chi connectivity index (χ2v) is 12.3. The van der Waals surface area contributed by atoms with E-state index in [4.69, 9.17) is 0 Å². The molecule has 0 radical (unpaired) electrons. The van der Waals surface area contributed by atoms with Gasteiger partial charge in [-0.1, -0.05) is 26.3 Å². The minimum absolute atomic E-state index is 1.11. The lowest BCUT2D eigenvalue weighted by molar-refractivity contribution is 0.987. The van der Waals surface area contributed by atoms with Crippen LogP contribution in [-0.2, 0) is 0 Å². The van der Waals surface area contributed by atoms with Crippen LogP contribution in [0.5, 0.6) is 0 Å². The van der Waals surface area contributed by atoms with Crippen molar-refractivity contribution in [3.8, 4) is 0 Å². The van der Waals surface area contributed by atoms with Gasteiger partial charge in [0, 0.05) is 48.5 Å². The topological polar surface area (TPSA) is 49.4 Å². The van der Waals surface area contributed by atoms with Gasteiger partial charge < -0.3 is 0 Å². The van der Waals surface area contributed by atoms with Gasteiger partial charge in [-0.25, -0.2) is 0 Å². The maximum absolute atomic E-state index is 4.43. The number of hydrogen-bond acceptors (Lipinski definition) is 4. The van der Waals surface area contributed by atoms with Crippen LogP contribution in [0.15, 0.2) is 114 Å². The second kappa shape index (κ2) is 11.6. The zero-order valence-corrected chi connectivity index (χ0v) is 25.1. The van der Waals surface area contributed by atoms with E-state index in [0.29, 0.717) is 0 Å². The van der Waals surface area contributed by atoms with E-state index in [1.54, 1.807) is 0 Å². The summed E-state index contributed by atoms with van der Waals surface area (Å²) in [5.41, 5.74) is 20.9. The Labute approximate surface area is 241 Å². The summed E-state index contributed by atoms with van der Waals surface area (Å²) in [4.78, 5) is 17.7. The molecule has 8 aliphatic rings. The summed E-state index contributed by atoms with van der Waals surface area (Å²) >= 11 is 0. The van der Waals surface area contributed by atoms with Crippen LogP contribution in [0.1, 0.15) is 105 Å². The van der Waals surface area contributed by atoms with Crippen molar-refractivity contribution >= 4 is 22.8 Å². The molecule has 0 saturated heterocycles. The van der Waals surface area contributed by atoms with Gasteiger partial charge in [0.2, 0.25) is 0 Å². The number of rotatable bonds is 0. The van der Waals surface area contributed by atoms with Crippen LogP contribution in [0.2, 0.25) is 0 Å². The van der Waals surface area contributed by atoms with Crippen LogP contribution in [0, 0.1) is 0 Å². The van der Waals surface area contributed by atoms with Crippen LogP contribution < -0.4 is 0 Å². The Kier molecular flexibility index (Phi) is 8.16. The molecular formula is C36H44N4. The van der Waals surface area contributed by atoms with E-state index in [1.807, 2.05) is 0 Å². The maximum Gasteiger partial charge on any atom is 0.0651 e. The summed E-state index contributed by atoms with van der Waals surface area (Å²) in [7, 11) is 0. The third-order valence-corrected chi connectivity index (χ3v) is 8.68. The predicted molar refractivity (Wildman–Crippen MR) is 173 cm³/mol.